The van der Waals surface area contributed by atoms with E-state index in [0.29, 0.717) is 6.04 Å². The fourth-order valence-corrected chi connectivity index (χ4v) is 2.67. The second kappa shape index (κ2) is 8.29. The van der Waals surface area contributed by atoms with Crippen LogP contribution in [0.3, 0.4) is 0 Å². The summed E-state index contributed by atoms with van der Waals surface area (Å²) in [5.41, 5.74) is 1.07. The quantitative estimate of drug-likeness (QED) is 0.836. The van der Waals surface area contributed by atoms with E-state index in [0.717, 1.165) is 18.7 Å². The molecule has 1 unspecified atom stereocenters. The molecule has 21 heavy (non-hydrogen) atoms. The molecule has 0 spiro atoms. The molecule has 1 aliphatic heterocycles. The van der Waals surface area contributed by atoms with Crippen molar-refractivity contribution in [3.63, 3.8) is 0 Å². The van der Waals surface area contributed by atoms with Crippen molar-refractivity contribution in [1.82, 2.24) is 10.2 Å². The maximum absolute atomic E-state index is 12.1. The molecule has 1 fully saturated rings. The molecule has 0 bridgehead atoms. The van der Waals surface area contributed by atoms with Gasteiger partial charge in [0.1, 0.15) is 5.75 Å². The highest BCUT2D eigenvalue weighted by Crippen LogP contribution is 2.15. The maximum atomic E-state index is 12.1. The number of nitrogens with zero attached hydrogens (tertiary/aromatic N) is 1. The van der Waals surface area contributed by atoms with E-state index in [1.54, 1.807) is 12.1 Å². The molecule has 1 saturated heterocycles. The topological polar surface area (TPSA) is 24.5 Å². The van der Waals surface area contributed by atoms with Gasteiger partial charge in [-0.3, -0.25) is 0 Å². The average molecular weight is 298 g/mol. The summed E-state index contributed by atoms with van der Waals surface area (Å²) in [7, 11) is 0. The number of hydrogen-bond acceptors (Lipinski definition) is 3. The minimum Gasteiger partial charge on any atom is -0.435 e. The SMILES string of the molecule is CC(CN1CCCCC1)NCc1ccc(OC(F)F)cc1. The van der Waals surface area contributed by atoms with Gasteiger partial charge in [0.15, 0.2) is 0 Å². The number of hydrogen-bond donors (Lipinski definition) is 1. The van der Waals surface area contributed by atoms with Crippen LogP contribution in [-0.2, 0) is 6.54 Å². The van der Waals surface area contributed by atoms with Crippen LogP contribution in [0.25, 0.3) is 0 Å². The summed E-state index contributed by atoms with van der Waals surface area (Å²) >= 11 is 0. The Morgan fingerprint density at radius 3 is 2.43 bits per heavy atom. The van der Waals surface area contributed by atoms with Crippen LogP contribution in [0.2, 0.25) is 0 Å². The Balaban J connectivity index is 1.71. The first kappa shape index (κ1) is 16.2. The first-order valence-electron chi connectivity index (χ1n) is 7.63. The number of likely N-dealkylation sites (tertiary alicyclic amines) is 1. The molecule has 3 nitrogen and oxygen atoms in total. The maximum Gasteiger partial charge on any atom is 0.387 e. The first-order chi connectivity index (χ1) is 10.1. The van der Waals surface area contributed by atoms with Gasteiger partial charge in [0.05, 0.1) is 0 Å². The summed E-state index contributed by atoms with van der Waals surface area (Å²) in [4.78, 5) is 2.50. The van der Waals surface area contributed by atoms with Crippen molar-refractivity contribution in [3.05, 3.63) is 29.8 Å². The summed E-state index contributed by atoms with van der Waals surface area (Å²) in [6.07, 6.45) is 3.96. The molecule has 0 radical (unpaired) electrons. The third kappa shape index (κ3) is 5.98. The van der Waals surface area contributed by atoms with E-state index in [1.807, 2.05) is 12.1 Å². The van der Waals surface area contributed by atoms with E-state index in [1.165, 1.54) is 32.4 Å². The van der Waals surface area contributed by atoms with E-state index < -0.39 is 6.61 Å². The zero-order valence-electron chi connectivity index (χ0n) is 12.5. The average Bonchev–Trinajstić information content (AvgIpc) is 2.47. The number of rotatable bonds is 7. The lowest BCUT2D eigenvalue weighted by molar-refractivity contribution is -0.0498. The monoisotopic (exact) mass is 298 g/mol. The standard InChI is InChI=1S/C16H24F2N2O/c1-13(12-20-9-3-2-4-10-20)19-11-14-5-7-15(8-6-14)21-16(17)18/h5-8,13,16,19H,2-4,9-12H2,1H3. The molecule has 1 aliphatic rings. The van der Waals surface area contributed by atoms with Crippen LogP contribution < -0.4 is 10.1 Å². The van der Waals surface area contributed by atoms with Crippen LogP contribution in [0, 0.1) is 0 Å². The van der Waals surface area contributed by atoms with Gasteiger partial charge in [-0.1, -0.05) is 18.6 Å². The third-order valence-electron chi connectivity index (χ3n) is 3.78. The van der Waals surface area contributed by atoms with Gasteiger partial charge in [-0.25, -0.2) is 0 Å². The lowest BCUT2D eigenvalue weighted by Crippen LogP contribution is -2.41. The smallest absolute Gasteiger partial charge is 0.387 e. The van der Waals surface area contributed by atoms with Gasteiger partial charge in [-0.05, 0) is 50.6 Å². The molecule has 0 aromatic heterocycles. The van der Waals surface area contributed by atoms with Gasteiger partial charge in [-0.2, -0.15) is 8.78 Å². The van der Waals surface area contributed by atoms with E-state index >= 15 is 0 Å². The molecule has 118 valence electrons. The molecule has 1 atom stereocenters. The van der Waals surface area contributed by atoms with Gasteiger partial charge in [-0.15, -0.1) is 0 Å². The number of piperidine rings is 1. The van der Waals surface area contributed by atoms with Crippen molar-refractivity contribution in [1.29, 1.82) is 0 Å². The predicted molar refractivity (Wildman–Crippen MR) is 79.7 cm³/mol. The highest BCUT2D eigenvalue weighted by Gasteiger charge is 2.13. The van der Waals surface area contributed by atoms with E-state index in [9.17, 15) is 8.78 Å². The summed E-state index contributed by atoms with van der Waals surface area (Å²) in [5.74, 6) is 0.204. The minimum atomic E-state index is -2.77. The Bertz CT molecular complexity index is 405. The van der Waals surface area contributed by atoms with Crippen LogP contribution in [0.5, 0.6) is 5.75 Å². The van der Waals surface area contributed by atoms with Gasteiger partial charge in [0.2, 0.25) is 0 Å². The Kier molecular flexibility index (Phi) is 6.39. The van der Waals surface area contributed by atoms with Crippen LogP contribution in [0.4, 0.5) is 8.78 Å². The summed E-state index contributed by atoms with van der Waals surface area (Å²) in [6, 6.07) is 7.22. The lowest BCUT2D eigenvalue weighted by Gasteiger charge is -2.29. The van der Waals surface area contributed by atoms with E-state index in [2.05, 4.69) is 21.9 Å². The Labute approximate surface area is 125 Å². The first-order valence-corrected chi connectivity index (χ1v) is 7.63. The molecule has 0 amide bonds. The van der Waals surface area contributed by atoms with Crippen molar-refractivity contribution in [2.24, 2.45) is 0 Å². The number of halogens is 2. The van der Waals surface area contributed by atoms with Gasteiger partial charge in [0.25, 0.3) is 0 Å². The third-order valence-corrected chi connectivity index (χ3v) is 3.78. The van der Waals surface area contributed by atoms with Gasteiger partial charge in [0, 0.05) is 19.1 Å². The van der Waals surface area contributed by atoms with Crippen molar-refractivity contribution in [2.45, 2.75) is 45.4 Å². The van der Waals surface area contributed by atoms with Crippen LogP contribution >= 0.6 is 0 Å². The fraction of sp³-hybridized carbons (Fsp3) is 0.625. The van der Waals surface area contributed by atoms with Crippen LogP contribution in [0.15, 0.2) is 24.3 Å². The molecule has 1 N–H and O–H groups in total. The van der Waals surface area contributed by atoms with E-state index in [4.69, 9.17) is 0 Å². The van der Waals surface area contributed by atoms with Gasteiger partial charge < -0.3 is 15.0 Å². The molecule has 0 saturated carbocycles. The number of benzene rings is 1. The van der Waals surface area contributed by atoms with Crippen LogP contribution in [-0.4, -0.2) is 37.2 Å². The van der Waals surface area contributed by atoms with Crippen molar-refractivity contribution in [2.75, 3.05) is 19.6 Å². The summed E-state index contributed by atoms with van der Waals surface area (Å²) in [6.45, 7) is 3.62. The minimum absolute atomic E-state index is 0.204. The van der Waals surface area contributed by atoms with Gasteiger partial charge >= 0.3 is 6.61 Å². The molecule has 1 heterocycles. The number of ether oxygens (including phenoxy) is 1. The normalized spacial score (nSPS) is 17.9. The lowest BCUT2D eigenvalue weighted by atomic mass is 10.1. The molecule has 1 aromatic carbocycles. The molecule has 1 aromatic rings. The number of nitrogens with one attached hydrogen (secondary N) is 1. The Morgan fingerprint density at radius 2 is 1.81 bits per heavy atom. The largest absolute Gasteiger partial charge is 0.435 e. The number of alkyl halides is 2. The molecule has 2 rings (SSSR count). The zero-order chi connectivity index (χ0) is 15.1. The molecule has 5 heteroatoms. The van der Waals surface area contributed by atoms with Crippen molar-refractivity contribution >= 4 is 0 Å². The predicted octanol–water partition coefficient (Wildman–Crippen LogP) is 3.25. The second-order valence-electron chi connectivity index (χ2n) is 5.67. The van der Waals surface area contributed by atoms with Crippen LogP contribution in [0.1, 0.15) is 31.7 Å². The summed E-state index contributed by atoms with van der Waals surface area (Å²) in [5, 5.41) is 3.48. The fourth-order valence-electron chi connectivity index (χ4n) is 2.67. The Hall–Kier alpha value is -1.20. The Morgan fingerprint density at radius 1 is 1.14 bits per heavy atom. The molecular weight excluding hydrogens is 274 g/mol. The van der Waals surface area contributed by atoms with Crippen molar-refractivity contribution < 1.29 is 13.5 Å². The highest BCUT2D eigenvalue weighted by atomic mass is 19.3. The molecular formula is C16H24F2N2O. The molecule has 0 aliphatic carbocycles. The van der Waals surface area contributed by atoms with E-state index in [-0.39, 0.29) is 5.75 Å². The summed E-state index contributed by atoms with van der Waals surface area (Å²) < 4.78 is 28.5. The van der Waals surface area contributed by atoms with Crippen molar-refractivity contribution in [3.8, 4) is 5.75 Å². The highest BCUT2D eigenvalue weighted by molar-refractivity contribution is 5.27. The zero-order valence-corrected chi connectivity index (χ0v) is 12.5. The second-order valence-corrected chi connectivity index (χ2v) is 5.67.